The number of aromatic nitrogens is 3. The fourth-order valence-corrected chi connectivity index (χ4v) is 6.57. The average Bonchev–Trinajstić information content (AvgIpc) is 3.24. The van der Waals surface area contributed by atoms with Gasteiger partial charge in [-0.15, -0.1) is 11.3 Å². The van der Waals surface area contributed by atoms with E-state index in [1.807, 2.05) is 35.2 Å². The molecule has 5 rings (SSSR count). The number of hydrogen-bond acceptors (Lipinski definition) is 6. The number of thiophene rings is 1. The standard InChI is InChI=1S/C26H28N4O2S2/c1-17(19-10-4-3-5-11-19)15-30-25(32)23-22(20-12-8-13-27-24(20)34-23)28-26(30)33-16-21(31)29-14-7-6-9-18(29)2/h3-5,8,10-13,17-18H,6-7,9,14-16H2,1-2H3/t17-,18-/m0/s1. The number of carbonyl (C=O) groups is 1. The van der Waals surface area contributed by atoms with E-state index in [1.165, 1.54) is 35.1 Å². The average molecular weight is 493 g/mol. The van der Waals surface area contributed by atoms with Crippen LogP contribution in [-0.4, -0.2) is 43.7 Å². The Morgan fingerprint density at radius 2 is 2.03 bits per heavy atom. The van der Waals surface area contributed by atoms with Crippen LogP contribution in [0.5, 0.6) is 0 Å². The first-order chi connectivity index (χ1) is 16.5. The Labute approximate surface area is 207 Å². The van der Waals surface area contributed by atoms with Gasteiger partial charge in [-0.05, 0) is 49.8 Å². The molecule has 1 fully saturated rings. The maximum absolute atomic E-state index is 13.7. The first kappa shape index (κ1) is 23.1. The summed E-state index contributed by atoms with van der Waals surface area (Å²) in [6.45, 7) is 5.55. The summed E-state index contributed by atoms with van der Waals surface area (Å²) in [5.41, 5.74) is 1.79. The number of rotatable bonds is 6. The Hall–Kier alpha value is -2.71. The first-order valence-corrected chi connectivity index (χ1v) is 13.6. The Kier molecular flexibility index (Phi) is 6.70. The first-order valence-electron chi connectivity index (χ1n) is 11.8. The summed E-state index contributed by atoms with van der Waals surface area (Å²) >= 11 is 2.76. The van der Waals surface area contributed by atoms with E-state index in [1.54, 1.807) is 10.8 Å². The highest BCUT2D eigenvalue weighted by molar-refractivity contribution is 7.99. The van der Waals surface area contributed by atoms with Crippen molar-refractivity contribution >= 4 is 49.4 Å². The third-order valence-electron chi connectivity index (χ3n) is 6.59. The number of benzene rings is 1. The van der Waals surface area contributed by atoms with Gasteiger partial charge in [0.05, 0.1) is 11.3 Å². The zero-order chi connectivity index (χ0) is 23.7. The lowest BCUT2D eigenvalue weighted by molar-refractivity contribution is -0.131. The second-order valence-corrected chi connectivity index (χ2v) is 10.9. The van der Waals surface area contributed by atoms with Crippen LogP contribution in [0.1, 0.15) is 44.6 Å². The molecule has 3 aromatic heterocycles. The molecule has 0 aliphatic carbocycles. The fourth-order valence-electron chi connectivity index (χ4n) is 4.65. The lowest BCUT2D eigenvalue weighted by Crippen LogP contribution is -2.43. The number of carbonyl (C=O) groups excluding carboxylic acids is 1. The molecule has 1 saturated heterocycles. The van der Waals surface area contributed by atoms with E-state index in [0.29, 0.717) is 21.9 Å². The van der Waals surface area contributed by atoms with E-state index in [-0.39, 0.29) is 29.2 Å². The number of nitrogens with zero attached hydrogens (tertiary/aromatic N) is 4. The molecule has 34 heavy (non-hydrogen) atoms. The fraction of sp³-hybridized carbons (Fsp3) is 0.385. The quantitative estimate of drug-likeness (QED) is 0.270. The van der Waals surface area contributed by atoms with E-state index in [4.69, 9.17) is 4.98 Å². The Morgan fingerprint density at radius 3 is 2.82 bits per heavy atom. The molecule has 4 aromatic rings. The molecule has 6 nitrogen and oxygen atoms in total. The second kappa shape index (κ2) is 9.88. The summed E-state index contributed by atoms with van der Waals surface area (Å²) < 4.78 is 2.38. The maximum Gasteiger partial charge on any atom is 0.272 e. The maximum atomic E-state index is 13.7. The molecule has 4 heterocycles. The van der Waals surface area contributed by atoms with E-state index in [2.05, 4.69) is 31.0 Å². The van der Waals surface area contributed by atoms with Crippen LogP contribution in [0.2, 0.25) is 0 Å². The van der Waals surface area contributed by atoms with Gasteiger partial charge in [0.2, 0.25) is 5.91 Å². The van der Waals surface area contributed by atoms with Crippen LogP contribution in [0.4, 0.5) is 0 Å². The summed E-state index contributed by atoms with van der Waals surface area (Å²) in [6, 6.07) is 14.3. The molecule has 1 aromatic carbocycles. The van der Waals surface area contributed by atoms with Crippen LogP contribution in [0.25, 0.3) is 20.4 Å². The number of likely N-dealkylation sites (tertiary alicyclic amines) is 1. The van der Waals surface area contributed by atoms with Gasteiger partial charge in [-0.2, -0.15) is 0 Å². The van der Waals surface area contributed by atoms with E-state index >= 15 is 0 Å². The van der Waals surface area contributed by atoms with Gasteiger partial charge < -0.3 is 4.90 Å². The zero-order valence-electron chi connectivity index (χ0n) is 19.4. The highest BCUT2D eigenvalue weighted by atomic mass is 32.2. The number of amides is 1. The van der Waals surface area contributed by atoms with Crippen molar-refractivity contribution in [2.75, 3.05) is 12.3 Å². The van der Waals surface area contributed by atoms with E-state index in [9.17, 15) is 9.59 Å². The minimum Gasteiger partial charge on any atom is -0.339 e. The molecule has 176 valence electrons. The van der Waals surface area contributed by atoms with Crippen LogP contribution in [0.15, 0.2) is 58.6 Å². The molecule has 0 N–H and O–H groups in total. The molecule has 8 heteroatoms. The molecule has 1 aliphatic rings. The largest absolute Gasteiger partial charge is 0.339 e. The Morgan fingerprint density at radius 1 is 1.21 bits per heavy atom. The molecule has 0 saturated carbocycles. The number of piperidine rings is 1. The van der Waals surface area contributed by atoms with Crippen molar-refractivity contribution in [2.45, 2.75) is 56.8 Å². The van der Waals surface area contributed by atoms with Crippen molar-refractivity contribution in [1.29, 1.82) is 0 Å². The molecule has 2 atom stereocenters. The van der Waals surface area contributed by atoms with Crippen LogP contribution in [-0.2, 0) is 11.3 Å². The van der Waals surface area contributed by atoms with Crippen molar-refractivity contribution in [3.63, 3.8) is 0 Å². The summed E-state index contributed by atoms with van der Waals surface area (Å²) in [4.78, 5) is 38.9. The highest BCUT2D eigenvalue weighted by Gasteiger charge is 2.25. The third kappa shape index (κ3) is 4.49. The van der Waals surface area contributed by atoms with Gasteiger partial charge in [-0.1, -0.05) is 49.0 Å². The molecule has 0 radical (unpaired) electrons. The van der Waals surface area contributed by atoms with Crippen molar-refractivity contribution in [3.8, 4) is 0 Å². The van der Waals surface area contributed by atoms with Crippen LogP contribution < -0.4 is 5.56 Å². The van der Waals surface area contributed by atoms with Gasteiger partial charge in [-0.3, -0.25) is 14.2 Å². The lowest BCUT2D eigenvalue weighted by atomic mass is 10.0. The lowest BCUT2D eigenvalue weighted by Gasteiger charge is -2.33. The Balaban J connectivity index is 1.52. The second-order valence-electron chi connectivity index (χ2n) is 8.98. The smallest absolute Gasteiger partial charge is 0.272 e. The van der Waals surface area contributed by atoms with Gasteiger partial charge in [0.1, 0.15) is 9.53 Å². The summed E-state index contributed by atoms with van der Waals surface area (Å²) in [5.74, 6) is 0.524. The van der Waals surface area contributed by atoms with Gasteiger partial charge in [0.25, 0.3) is 5.56 Å². The van der Waals surface area contributed by atoms with Crippen LogP contribution in [0, 0.1) is 0 Å². The molecule has 0 unspecified atom stereocenters. The van der Waals surface area contributed by atoms with Crippen molar-refractivity contribution in [1.82, 2.24) is 19.4 Å². The summed E-state index contributed by atoms with van der Waals surface area (Å²) in [5, 5.41) is 1.49. The SMILES string of the molecule is C[C@@H](Cn1c(SCC(=O)N2CCCC[C@@H]2C)nc2c(sc3ncccc32)c1=O)c1ccccc1. The van der Waals surface area contributed by atoms with Crippen molar-refractivity contribution < 1.29 is 4.79 Å². The normalized spacial score (nSPS) is 17.4. The summed E-state index contributed by atoms with van der Waals surface area (Å²) in [7, 11) is 0. The highest BCUT2D eigenvalue weighted by Crippen LogP contribution is 2.31. The molecule has 0 spiro atoms. The molecule has 1 amide bonds. The third-order valence-corrected chi connectivity index (χ3v) is 8.64. The molecule has 0 bridgehead atoms. The number of hydrogen-bond donors (Lipinski definition) is 0. The van der Waals surface area contributed by atoms with Gasteiger partial charge >= 0.3 is 0 Å². The molecular formula is C26H28N4O2S2. The van der Waals surface area contributed by atoms with Crippen molar-refractivity contribution in [2.24, 2.45) is 0 Å². The van der Waals surface area contributed by atoms with Gasteiger partial charge in [0, 0.05) is 30.7 Å². The monoisotopic (exact) mass is 492 g/mol. The van der Waals surface area contributed by atoms with E-state index in [0.717, 1.165) is 29.6 Å². The molecular weight excluding hydrogens is 464 g/mol. The molecule has 1 aliphatic heterocycles. The van der Waals surface area contributed by atoms with E-state index < -0.39 is 0 Å². The minimum absolute atomic E-state index is 0.0583. The Bertz CT molecular complexity index is 1380. The van der Waals surface area contributed by atoms with Crippen molar-refractivity contribution in [3.05, 3.63) is 64.6 Å². The van der Waals surface area contributed by atoms with Crippen LogP contribution in [0.3, 0.4) is 0 Å². The zero-order valence-corrected chi connectivity index (χ0v) is 21.1. The topological polar surface area (TPSA) is 68.1 Å². The van der Waals surface area contributed by atoms with Crippen LogP contribution >= 0.6 is 23.1 Å². The minimum atomic E-state index is -0.0583. The predicted octanol–water partition coefficient (Wildman–Crippen LogP) is 5.30. The number of pyridine rings is 1. The summed E-state index contributed by atoms with van der Waals surface area (Å²) in [6.07, 6.45) is 5.01. The predicted molar refractivity (Wildman–Crippen MR) is 140 cm³/mol. The van der Waals surface area contributed by atoms with Gasteiger partial charge in [0.15, 0.2) is 5.16 Å². The number of thioether (sulfide) groups is 1. The number of fused-ring (bicyclic) bond motifs is 3. The van der Waals surface area contributed by atoms with Gasteiger partial charge in [-0.25, -0.2) is 9.97 Å².